The Kier molecular flexibility index (Phi) is 5.46. The molecule has 0 saturated heterocycles. The Morgan fingerprint density at radius 1 is 1.08 bits per heavy atom. The van der Waals surface area contributed by atoms with Gasteiger partial charge in [0.25, 0.3) is 0 Å². The van der Waals surface area contributed by atoms with E-state index in [1.807, 2.05) is 49.5 Å². The van der Waals surface area contributed by atoms with Crippen LogP contribution >= 0.6 is 0 Å². The van der Waals surface area contributed by atoms with Gasteiger partial charge in [0, 0.05) is 29.9 Å². The van der Waals surface area contributed by atoms with Crippen molar-refractivity contribution in [2.45, 2.75) is 13.3 Å². The average Bonchev–Trinajstić information content (AvgIpc) is 3.37. The van der Waals surface area contributed by atoms with Gasteiger partial charge in [0.15, 0.2) is 11.5 Å². The fraction of sp³-hybridized carbons (Fsp3) is 0.185. The number of hydrogen-bond donors (Lipinski definition) is 2. The van der Waals surface area contributed by atoms with Crippen LogP contribution in [0.15, 0.2) is 61.1 Å². The number of nitrogen functional groups attached to an aromatic ring is 1. The molecule has 0 fully saturated rings. The van der Waals surface area contributed by atoms with Crippen molar-refractivity contribution in [2.24, 2.45) is 0 Å². The standard InChI is InChI=1S/C27H25N7O2/c1-16-13-18(3-6-22(16)36-19-9-12-34-23(14-19)30-15-31-34)27-32-21-5-4-20(17-7-10-29-11-8-17)25(35-2)24(21)26(28)33-27/h3-7,9,12-15,29H,8,10-11H2,1-2H3,(H2,28,32,33). The van der Waals surface area contributed by atoms with Gasteiger partial charge in [-0.25, -0.2) is 19.5 Å². The van der Waals surface area contributed by atoms with E-state index < -0.39 is 0 Å². The predicted molar refractivity (Wildman–Crippen MR) is 139 cm³/mol. The highest BCUT2D eigenvalue weighted by molar-refractivity contribution is 5.98. The highest BCUT2D eigenvalue weighted by atomic mass is 16.5. The minimum Gasteiger partial charge on any atom is -0.495 e. The molecule has 180 valence electrons. The summed E-state index contributed by atoms with van der Waals surface area (Å²) in [7, 11) is 1.66. The molecule has 0 atom stereocenters. The van der Waals surface area contributed by atoms with Crippen LogP contribution in [0.5, 0.6) is 17.2 Å². The summed E-state index contributed by atoms with van der Waals surface area (Å²) in [5, 5.41) is 8.19. The third-order valence-corrected chi connectivity index (χ3v) is 6.37. The largest absolute Gasteiger partial charge is 0.495 e. The van der Waals surface area contributed by atoms with Crippen LogP contribution in [-0.2, 0) is 0 Å². The molecule has 0 radical (unpaired) electrons. The maximum Gasteiger partial charge on any atom is 0.162 e. The van der Waals surface area contributed by atoms with Crippen molar-refractivity contribution in [2.75, 3.05) is 25.9 Å². The quantitative estimate of drug-likeness (QED) is 0.381. The van der Waals surface area contributed by atoms with Gasteiger partial charge in [-0.2, -0.15) is 5.10 Å². The Balaban J connectivity index is 1.34. The molecule has 3 N–H and O–H groups in total. The van der Waals surface area contributed by atoms with Crippen LogP contribution < -0.4 is 20.5 Å². The van der Waals surface area contributed by atoms with Crippen LogP contribution in [0.4, 0.5) is 5.82 Å². The first-order valence-electron chi connectivity index (χ1n) is 11.7. The lowest BCUT2D eigenvalue weighted by Gasteiger charge is -2.19. The summed E-state index contributed by atoms with van der Waals surface area (Å²) in [5.74, 6) is 3.08. The SMILES string of the molecule is COc1c(C2=CCNCC2)ccc2nc(-c3ccc(Oc4ccn5ncnc5c4)c(C)c3)nc(N)c12. The van der Waals surface area contributed by atoms with E-state index in [2.05, 4.69) is 32.5 Å². The zero-order valence-corrected chi connectivity index (χ0v) is 20.0. The van der Waals surface area contributed by atoms with E-state index in [1.54, 1.807) is 11.6 Å². The summed E-state index contributed by atoms with van der Waals surface area (Å²) in [5.41, 5.74) is 12.0. The normalized spacial score (nSPS) is 13.7. The zero-order valence-electron chi connectivity index (χ0n) is 20.0. The van der Waals surface area contributed by atoms with Crippen molar-refractivity contribution in [3.05, 3.63) is 72.2 Å². The van der Waals surface area contributed by atoms with E-state index >= 15 is 0 Å². The summed E-state index contributed by atoms with van der Waals surface area (Å²) < 4.78 is 13.6. The first-order chi connectivity index (χ1) is 17.6. The molecule has 2 aromatic carbocycles. The lowest BCUT2D eigenvalue weighted by Crippen LogP contribution is -2.20. The van der Waals surface area contributed by atoms with E-state index in [0.29, 0.717) is 23.1 Å². The molecule has 0 unspecified atom stereocenters. The van der Waals surface area contributed by atoms with Crippen LogP contribution in [-0.4, -0.2) is 44.8 Å². The smallest absolute Gasteiger partial charge is 0.162 e. The van der Waals surface area contributed by atoms with Gasteiger partial charge in [0.2, 0.25) is 0 Å². The van der Waals surface area contributed by atoms with Crippen molar-refractivity contribution in [1.29, 1.82) is 0 Å². The molecule has 9 heteroatoms. The summed E-state index contributed by atoms with van der Waals surface area (Å²) in [6, 6.07) is 13.6. The number of benzene rings is 2. The molecule has 0 spiro atoms. The first kappa shape index (κ1) is 22.0. The Morgan fingerprint density at radius 2 is 2.00 bits per heavy atom. The summed E-state index contributed by atoms with van der Waals surface area (Å²) in [4.78, 5) is 13.7. The third kappa shape index (κ3) is 3.89. The molecule has 9 nitrogen and oxygen atoms in total. The fourth-order valence-electron chi connectivity index (χ4n) is 4.57. The number of pyridine rings is 1. The Bertz CT molecular complexity index is 1640. The number of methoxy groups -OCH3 is 1. The number of ether oxygens (including phenoxy) is 2. The number of hydrogen-bond acceptors (Lipinski definition) is 8. The lowest BCUT2D eigenvalue weighted by atomic mass is 9.97. The second kappa shape index (κ2) is 8.94. The Morgan fingerprint density at radius 3 is 2.81 bits per heavy atom. The van der Waals surface area contributed by atoms with Gasteiger partial charge in [-0.15, -0.1) is 0 Å². The molecule has 1 aliphatic heterocycles. The van der Waals surface area contributed by atoms with Crippen LogP contribution in [0.1, 0.15) is 17.5 Å². The maximum absolute atomic E-state index is 6.48. The molecule has 5 aromatic rings. The molecule has 3 aromatic heterocycles. The van der Waals surface area contributed by atoms with Gasteiger partial charge in [-0.3, -0.25) is 0 Å². The lowest BCUT2D eigenvalue weighted by molar-refractivity contribution is 0.418. The number of aromatic nitrogens is 5. The summed E-state index contributed by atoms with van der Waals surface area (Å²) >= 11 is 0. The van der Waals surface area contributed by atoms with Crippen LogP contribution in [0.3, 0.4) is 0 Å². The minimum atomic E-state index is 0.392. The summed E-state index contributed by atoms with van der Waals surface area (Å²) in [6.45, 7) is 3.77. The third-order valence-electron chi connectivity index (χ3n) is 6.37. The van der Waals surface area contributed by atoms with Gasteiger partial charge in [-0.05, 0) is 67.4 Å². The zero-order chi connectivity index (χ0) is 24.6. The molecule has 36 heavy (non-hydrogen) atoms. The van der Waals surface area contributed by atoms with E-state index in [1.165, 1.54) is 11.9 Å². The van der Waals surface area contributed by atoms with Gasteiger partial charge in [0.1, 0.15) is 29.4 Å². The van der Waals surface area contributed by atoms with E-state index in [-0.39, 0.29) is 0 Å². The molecule has 6 rings (SSSR count). The molecule has 0 aliphatic carbocycles. The van der Waals surface area contributed by atoms with Crippen molar-refractivity contribution in [1.82, 2.24) is 29.9 Å². The number of aryl methyl sites for hydroxylation is 1. The van der Waals surface area contributed by atoms with Crippen LogP contribution in [0, 0.1) is 6.92 Å². The van der Waals surface area contributed by atoms with Crippen molar-refractivity contribution in [3.63, 3.8) is 0 Å². The number of nitrogens with one attached hydrogen (secondary N) is 1. The topological polar surface area (TPSA) is 112 Å². The Hall–Kier alpha value is -4.50. The number of nitrogens with zero attached hydrogens (tertiary/aromatic N) is 5. The Labute approximate surface area is 207 Å². The number of nitrogens with two attached hydrogens (primary N) is 1. The monoisotopic (exact) mass is 479 g/mol. The molecular weight excluding hydrogens is 454 g/mol. The van der Waals surface area contributed by atoms with Crippen LogP contribution in [0.25, 0.3) is 33.5 Å². The molecular formula is C27H25N7O2. The van der Waals surface area contributed by atoms with Gasteiger partial charge >= 0.3 is 0 Å². The van der Waals surface area contributed by atoms with E-state index in [4.69, 9.17) is 20.2 Å². The fourth-order valence-corrected chi connectivity index (χ4v) is 4.57. The number of rotatable bonds is 5. The number of fused-ring (bicyclic) bond motifs is 2. The van der Waals surface area contributed by atoms with Crippen LogP contribution in [0.2, 0.25) is 0 Å². The molecule has 1 aliphatic rings. The second-order valence-corrected chi connectivity index (χ2v) is 8.66. The van der Waals surface area contributed by atoms with Crippen molar-refractivity contribution >= 4 is 27.9 Å². The second-order valence-electron chi connectivity index (χ2n) is 8.66. The molecule has 0 bridgehead atoms. The molecule has 0 amide bonds. The van der Waals surface area contributed by atoms with Crippen molar-refractivity contribution in [3.8, 4) is 28.6 Å². The van der Waals surface area contributed by atoms with Gasteiger partial charge in [0.05, 0.1) is 18.0 Å². The van der Waals surface area contributed by atoms with Gasteiger partial charge < -0.3 is 20.5 Å². The molecule has 0 saturated carbocycles. The number of anilines is 1. The maximum atomic E-state index is 6.48. The first-order valence-corrected chi connectivity index (χ1v) is 11.7. The summed E-state index contributed by atoms with van der Waals surface area (Å²) in [6.07, 6.45) is 6.44. The van der Waals surface area contributed by atoms with E-state index in [9.17, 15) is 0 Å². The predicted octanol–water partition coefficient (Wildman–Crippen LogP) is 4.41. The highest BCUT2D eigenvalue weighted by Gasteiger charge is 2.19. The highest BCUT2D eigenvalue weighted by Crippen LogP contribution is 2.38. The average molecular weight is 480 g/mol. The van der Waals surface area contributed by atoms with Gasteiger partial charge in [-0.1, -0.05) is 6.08 Å². The van der Waals surface area contributed by atoms with Crippen molar-refractivity contribution < 1.29 is 9.47 Å². The molecule has 4 heterocycles. The minimum absolute atomic E-state index is 0.392. The van der Waals surface area contributed by atoms with E-state index in [0.717, 1.165) is 58.5 Å².